The van der Waals surface area contributed by atoms with Crippen molar-refractivity contribution in [2.75, 3.05) is 55.2 Å². The molecule has 238 valence electrons. The summed E-state index contributed by atoms with van der Waals surface area (Å²) in [6.07, 6.45) is 12.1. The first-order valence-electron chi connectivity index (χ1n) is 14.8. The minimum atomic E-state index is -0.0923. The fourth-order valence-corrected chi connectivity index (χ4v) is 3.74. The molecule has 17 N–H and O–H groups in total. The smallest absolute Gasteiger partial charge is 0.229 e. The van der Waals surface area contributed by atoms with Crippen LogP contribution in [0.15, 0.2) is 20.0 Å². The van der Waals surface area contributed by atoms with Crippen molar-refractivity contribution >= 4 is 41.7 Å². The molecule has 0 spiro atoms. The van der Waals surface area contributed by atoms with Crippen LogP contribution in [0.4, 0.5) is 17.8 Å². The number of guanidine groups is 4. The van der Waals surface area contributed by atoms with Crippen molar-refractivity contribution in [2.45, 2.75) is 77.0 Å². The molecule has 0 bridgehead atoms. The van der Waals surface area contributed by atoms with Crippen molar-refractivity contribution in [2.24, 2.45) is 60.1 Å². The normalized spacial score (nSPS) is 11.6. The highest BCUT2D eigenvalue weighted by Crippen LogP contribution is 2.11. The van der Waals surface area contributed by atoms with Crippen LogP contribution in [0.25, 0.3) is 0 Å². The number of nitrogens with zero attached hydrogens (tertiary/aromatic N) is 7. The fraction of sp³-hybridized carbons (Fsp3) is 0.720. The summed E-state index contributed by atoms with van der Waals surface area (Å²) in [5, 5.41) is 9.97. The Bertz CT molecular complexity index is 901. The summed E-state index contributed by atoms with van der Waals surface area (Å²) < 4.78 is 0. The van der Waals surface area contributed by atoms with E-state index in [1.807, 2.05) is 0 Å². The van der Waals surface area contributed by atoms with Crippen molar-refractivity contribution in [3.05, 3.63) is 0 Å². The average molecular weight is 592 g/mol. The molecule has 0 aliphatic carbocycles. The van der Waals surface area contributed by atoms with Crippen molar-refractivity contribution in [3.8, 4) is 0 Å². The number of nitrogens with one attached hydrogen (secondary N) is 3. The molecule has 0 saturated carbocycles. The average Bonchev–Trinajstić information content (AvgIpc) is 2.92. The highest BCUT2D eigenvalue weighted by Gasteiger charge is 2.06. The summed E-state index contributed by atoms with van der Waals surface area (Å²) >= 11 is 0. The van der Waals surface area contributed by atoms with E-state index in [9.17, 15) is 0 Å². The Morgan fingerprint density at radius 2 is 0.810 bits per heavy atom. The quantitative estimate of drug-likeness (QED) is 0.0453. The van der Waals surface area contributed by atoms with E-state index in [0.717, 1.165) is 103 Å². The van der Waals surface area contributed by atoms with Crippen molar-refractivity contribution in [3.63, 3.8) is 0 Å². The molecule has 0 fully saturated rings. The van der Waals surface area contributed by atoms with Crippen LogP contribution in [0.3, 0.4) is 0 Å². The van der Waals surface area contributed by atoms with E-state index in [0.29, 0.717) is 30.9 Å². The van der Waals surface area contributed by atoms with Crippen LogP contribution in [-0.2, 0) is 0 Å². The molecule has 0 radical (unpaired) electrons. The number of aliphatic imine (C=N–C) groups is 4. The highest BCUT2D eigenvalue weighted by atomic mass is 15.3. The zero-order valence-electron chi connectivity index (χ0n) is 24.9. The standard InChI is InChI=1S/C25H53N17/c26-13-7-1-2-10-16-35-23-40-24(36-17-11-5-3-8-14-33-21(31)38-19(27)28)42-25(41-23)37-18-12-6-4-9-15-34-22(32)39-20(29)30/h1-18,26H2,(H6,27,28,31,33,38)(H6,29,30,32,34,39)(H3,35,36,37,40,41,42). The molecular formula is C25H53N17. The van der Waals surface area contributed by atoms with E-state index in [2.05, 4.69) is 50.9 Å². The van der Waals surface area contributed by atoms with E-state index in [4.69, 9.17) is 40.1 Å². The molecule has 0 amide bonds. The fourth-order valence-electron chi connectivity index (χ4n) is 3.74. The number of rotatable bonds is 23. The van der Waals surface area contributed by atoms with Gasteiger partial charge in [0.15, 0.2) is 11.9 Å². The van der Waals surface area contributed by atoms with Crippen LogP contribution in [0.2, 0.25) is 0 Å². The minimum Gasteiger partial charge on any atom is -0.370 e. The lowest BCUT2D eigenvalue weighted by molar-refractivity contribution is 0.657. The van der Waals surface area contributed by atoms with Gasteiger partial charge in [-0.1, -0.05) is 38.5 Å². The summed E-state index contributed by atoms with van der Waals surface area (Å²) in [4.78, 5) is 29.3. The molecule has 17 nitrogen and oxygen atoms in total. The minimum absolute atomic E-state index is 0.0923. The molecule has 0 saturated heterocycles. The van der Waals surface area contributed by atoms with Gasteiger partial charge in [-0.05, 0) is 45.1 Å². The Labute approximate surface area is 249 Å². The second-order valence-electron chi connectivity index (χ2n) is 9.67. The molecule has 0 aromatic carbocycles. The lowest BCUT2D eigenvalue weighted by Gasteiger charge is -2.11. The zero-order chi connectivity index (χ0) is 30.8. The number of nitrogens with two attached hydrogens (primary N) is 7. The highest BCUT2D eigenvalue weighted by molar-refractivity contribution is 5.92. The van der Waals surface area contributed by atoms with Crippen molar-refractivity contribution in [1.82, 2.24) is 15.0 Å². The number of hydrogen-bond acceptors (Lipinski definition) is 9. The van der Waals surface area contributed by atoms with Gasteiger partial charge in [0.25, 0.3) is 0 Å². The lowest BCUT2D eigenvalue weighted by Crippen LogP contribution is -2.26. The van der Waals surface area contributed by atoms with Crippen molar-refractivity contribution < 1.29 is 0 Å². The van der Waals surface area contributed by atoms with Gasteiger partial charge in [0.05, 0.1) is 0 Å². The Morgan fingerprint density at radius 1 is 0.476 bits per heavy atom. The zero-order valence-corrected chi connectivity index (χ0v) is 24.9. The van der Waals surface area contributed by atoms with Gasteiger partial charge in [0.2, 0.25) is 29.8 Å². The maximum atomic E-state index is 5.61. The first kappa shape index (κ1) is 35.9. The van der Waals surface area contributed by atoms with E-state index in [1.54, 1.807) is 0 Å². The molecule has 1 aromatic rings. The third-order valence-corrected chi connectivity index (χ3v) is 5.82. The van der Waals surface area contributed by atoms with Gasteiger partial charge < -0.3 is 56.1 Å². The number of anilines is 3. The van der Waals surface area contributed by atoms with Crippen LogP contribution in [0.5, 0.6) is 0 Å². The number of hydrogen-bond donors (Lipinski definition) is 10. The monoisotopic (exact) mass is 591 g/mol. The summed E-state index contributed by atoms with van der Waals surface area (Å²) in [6.45, 7) is 4.19. The number of unbranched alkanes of at least 4 members (excludes halogenated alkanes) is 9. The Balaban J connectivity index is 2.46. The largest absolute Gasteiger partial charge is 0.370 e. The van der Waals surface area contributed by atoms with E-state index in [-0.39, 0.29) is 23.8 Å². The molecule has 1 heterocycles. The van der Waals surface area contributed by atoms with Gasteiger partial charge in [0, 0.05) is 32.7 Å². The molecule has 0 unspecified atom stereocenters. The van der Waals surface area contributed by atoms with Crippen LogP contribution in [0.1, 0.15) is 77.0 Å². The maximum absolute atomic E-state index is 5.61. The summed E-state index contributed by atoms with van der Waals surface area (Å²) in [7, 11) is 0. The Morgan fingerprint density at radius 3 is 1.14 bits per heavy atom. The molecule has 1 aromatic heterocycles. The molecule has 0 aliphatic rings. The molecule has 0 atom stereocenters. The number of aromatic nitrogens is 3. The summed E-state index contributed by atoms with van der Waals surface area (Å²) in [5.41, 5.74) is 37.9. The first-order valence-corrected chi connectivity index (χ1v) is 14.8. The van der Waals surface area contributed by atoms with Gasteiger partial charge in [0.1, 0.15) is 0 Å². The molecule has 42 heavy (non-hydrogen) atoms. The summed E-state index contributed by atoms with van der Waals surface area (Å²) in [6, 6.07) is 0. The predicted molar refractivity (Wildman–Crippen MR) is 174 cm³/mol. The van der Waals surface area contributed by atoms with Gasteiger partial charge in [-0.3, -0.25) is 9.98 Å². The topological polar surface area (TPSA) is 306 Å². The maximum Gasteiger partial charge on any atom is 0.229 e. The van der Waals surface area contributed by atoms with Crippen LogP contribution in [0, 0.1) is 0 Å². The molecule has 17 heteroatoms. The molecule has 0 aliphatic heterocycles. The lowest BCUT2D eigenvalue weighted by atomic mass is 10.2. The van der Waals surface area contributed by atoms with Crippen LogP contribution >= 0.6 is 0 Å². The second-order valence-corrected chi connectivity index (χ2v) is 9.67. The second kappa shape index (κ2) is 23.5. The van der Waals surface area contributed by atoms with E-state index < -0.39 is 0 Å². The first-order chi connectivity index (χ1) is 20.3. The van der Waals surface area contributed by atoms with E-state index in [1.165, 1.54) is 0 Å². The van der Waals surface area contributed by atoms with E-state index >= 15 is 0 Å². The molecule has 1 rings (SSSR count). The third kappa shape index (κ3) is 20.7. The molecular weight excluding hydrogens is 538 g/mol. The van der Waals surface area contributed by atoms with Crippen molar-refractivity contribution in [1.29, 1.82) is 0 Å². The Kier molecular flexibility index (Phi) is 20.1. The predicted octanol–water partition coefficient (Wildman–Crippen LogP) is -0.0766. The van der Waals surface area contributed by atoms with Gasteiger partial charge in [-0.2, -0.15) is 24.9 Å². The third-order valence-electron chi connectivity index (χ3n) is 5.82. The SMILES string of the molecule is NCCCCCCNc1nc(NCCCCCCN=C(N)N=C(N)N)nc(NCCCCCCN=C(N)N=C(N)N)n1. The van der Waals surface area contributed by atoms with Gasteiger partial charge in [-0.25, -0.2) is 0 Å². The van der Waals surface area contributed by atoms with Crippen LogP contribution in [-0.4, -0.2) is 78.1 Å². The van der Waals surface area contributed by atoms with Gasteiger partial charge in [-0.15, -0.1) is 0 Å². The van der Waals surface area contributed by atoms with Crippen LogP contribution < -0.4 is 56.1 Å². The van der Waals surface area contributed by atoms with Gasteiger partial charge >= 0.3 is 0 Å². The summed E-state index contributed by atoms with van der Waals surface area (Å²) in [5.74, 6) is 1.67. The Hall–Kier alpha value is -4.15.